The molecule has 0 aliphatic heterocycles. The van der Waals surface area contributed by atoms with E-state index in [4.69, 9.17) is 0 Å². The van der Waals surface area contributed by atoms with Crippen LogP contribution >= 0.6 is 0 Å². The molecule has 7 rings (SSSR count). The van der Waals surface area contributed by atoms with Gasteiger partial charge in [0.1, 0.15) is 0 Å². The van der Waals surface area contributed by atoms with Crippen LogP contribution in [0.15, 0.2) is 157 Å². The van der Waals surface area contributed by atoms with E-state index in [-0.39, 0.29) is 11.0 Å². The molecule has 200 valence electrons. The van der Waals surface area contributed by atoms with Crippen molar-refractivity contribution < 1.29 is 0 Å². The predicted octanol–water partition coefficient (Wildman–Crippen LogP) is 9.98. The number of para-hydroxylation sites is 3. The zero-order chi connectivity index (χ0) is 27.9. The molecule has 5 aromatic rings. The summed E-state index contributed by atoms with van der Waals surface area (Å²) in [4.78, 5) is 2.34. The van der Waals surface area contributed by atoms with E-state index in [0.29, 0.717) is 0 Å². The number of nitrogens with one attached hydrogen (secondary N) is 1. The van der Waals surface area contributed by atoms with Gasteiger partial charge in [0.2, 0.25) is 0 Å². The molecule has 0 amide bonds. The molecule has 2 aliphatic rings. The summed E-state index contributed by atoms with van der Waals surface area (Å²) in [6, 6.07) is 47.8. The number of nitrogens with zero attached hydrogens (tertiary/aromatic N) is 1. The van der Waals surface area contributed by atoms with Crippen molar-refractivity contribution in [3.63, 3.8) is 0 Å². The summed E-state index contributed by atoms with van der Waals surface area (Å²) < 4.78 is 0. The average molecular weight is 531 g/mol. The molecule has 1 unspecified atom stereocenters. The van der Waals surface area contributed by atoms with E-state index in [1.807, 2.05) is 0 Å². The number of hydrogen-bond donors (Lipinski definition) is 1. The van der Waals surface area contributed by atoms with Crippen molar-refractivity contribution in [2.24, 2.45) is 0 Å². The molecule has 0 heterocycles. The van der Waals surface area contributed by atoms with Crippen molar-refractivity contribution in [2.75, 3.05) is 10.2 Å². The fourth-order valence-corrected chi connectivity index (χ4v) is 6.54. The van der Waals surface area contributed by atoms with Crippen LogP contribution in [0.4, 0.5) is 17.1 Å². The van der Waals surface area contributed by atoms with Crippen LogP contribution in [0.2, 0.25) is 0 Å². The highest BCUT2D eigenvalue weighted by atomic mass is 15.1. The lowest BCUT2D eigenvalue weighted by Crippen LogP contribution is -2.35. The summed E-state index contributed by atoms with van der Waals surface area (Å²) in [6.45, 7) is 4.70. The molecule has 0 fully saturated rings. The summed E-state index contributed by atoms with van der Waals surface area (Å²) in [7, 11) is 0. The van der Waals surface area contributed by atoms with Gasteiger partial charge in [0, 0.05) is 28.2 Å². The Morgan fingerprint density at radius 2 is 1.20 bits per heavy atom. The molecular weight excluding hydrogens is 496 g/mol. The van der Waals surface area contributed by atoms with Gasteiger partial charge in [0.25, 0.3) is 0 Å². The molecule has 41 heavy (non-hydrogen) atoms. The van der Waals surface area contributed by atoms with E-state index in [1.165, 1.54) is 33.5 Å². The minimum Gasteiger partial charge on any atom is -0.372 e. The zero-order valence-corrected chi connectivity index (χ0v) is 23.6. The number of anilines is 3. The molecule has 0 saturated carbocycles. The normalized spacial score (nSPS) is 18.2. The third kappa shape index (κ3) is 4.37. The monoisotopic (exact) mass is 530 g/mol. The van der Waals surface area contributed by atoms with Crippen LogP contribution < -0.4 is 10.2 Å². The number of hydrogen-bond acceptors (Lipinski definition) is 2. The second-order valence-corrected chi connectivity index (χ2v) is 11.6. The van der Waals surface area contributed by atoms with Gasteiger partial charge in [-0.05, 0) is 76.7 Å². The van der Waals surface area contributed by atoms with Crippen LogP contribution in [-0.4, -0.2) is 0 Å². The molecule has 2 heteroatoms. The summed E-state index contributed by atoms with van der Waals surface area (Å²) in [5, 5.41) is 3.94. The summed E-state index contributed by atoms with van der Waals surface area (Å²) in [5.74, 6) is 0. The fraction of sp³-hybridized carbons (Fsp3) is 0.128. The van der Waals surface area contributed by atoms with E-state index >= 15 is 0 Å². The second-order valence-electron chi connectivity index (χ2n) is 11.6. The molecule has 2 nitrogen and oxygen atoms in total. The molecule has 2 aliphatic carbocycles. The first-order valence-corrected chi connectivity index (χ1v) is 14.4. The maximum Gasteiger partial charge on any atom is 0.0848 e. The van der Waals surface area contributed by atoms with Crippen molar-refractivity contribution in [2.45, 2.75) is 31.2 Å². The highest BCUT2D eigenvalue weighted by molar-refractivity contribution is 5.81. The van der Waals surface area contributed by atoms with Crippen molar-refractivity contribution in [1.29, 1.82) is 0 Å². The number of benzene rings is 5. The van der Waals surface area contributed by atoms with Crippen LogP contribution in [0, 0.1) is 0 Å². The summed E-state index contributed by atoms with van der Waals surface area (Å²) in [5.41, 5.74) is 10.9. The van der Waals surface area contributed by atoms with Crippen LogP contribution in [0.5, 0.6) is 0 Å². The Bertz CT molecular complexity index is 1710. The van der Waals surface area contributed by atoms with Crippen molar-refractivity contribution in [1.82, 2.24) is 0 Å². The second kappa shape index (κ2) is 9.98. The van der Waals surface area contributed by atoms with Gasteiger partial charge in [0.05, 0.1) is 5.54 Å². The first kappa shape index (κ1) is 25.2. The van der Waals surface area contributed by atoms with Gasteiger partial charge in [-0.2, -0.15) is 0 Å². The Labute approximate surface area is 243 Å². The molecule has 1 atom stereocenters. The SMILES string of the molecule is CC1(C)c2ccccc2-c2ccc(C3(Nc4ccccc4)C=CC(N(c4ccccc4)c4ccccc4)=CC3)cc21. The van der Waals surface area contributed by atoms with Gasteiger partial charge in [-0.1, -0.05) is 123 Å². The quantitative estimate of drug-likeness (QED) is 0.235. The molecule has 0 saturated heterocycles. The molecule has 0 aromatic heterocycles. The standard InChI is InChI=1S/C39H34N2/c1-38(2)36-21-13-12-20-34(36)35-23-22-29(28-37(35)38)39(40-30-14-6-3-7-15-30)26-24-33(25-27-39)41(31-16-8-4-9-17-31)32-18-10-5-11-19-32/h3-26,28,40H,27H2,1-2H3. The number of fused-ring (bicyclic) bond motifs is 3. The Balaban J connectivity index is 1.32. The minimum absolute atomic E-state index is 0.0489. The van der Waals surface area contributed by atoms with Gasteiger partial charge in [-0.25, -0.2) is 0 Å². The fourth-order valence-electron chi connectivity index (χ4n) is 6.54. The van der Waals surface area contributed by atoms with E-state index in [0.717, 1.165) is 23.5 Å². The predicted molar refractivity (Wildman–Crippen MR) is 173 cm³/mol. The van der Waals surface area contributed by atoms with Crippen molar-refractivity contribution in [3.8, 4) is 11.1 Å². The van der Waals surface area contributed by atoms with Gasteiger partial charge in [-0.15, -0.1) is 0 Å². The Hall–Kier alpha value is -4.82. The van der Waals surface area contributed by atoms with Crippen LogP contribution in [0.25, 0.3) is 11.1 Å². The lowest BCUT2D eigenvalue weighted by molar-refractivity contribution is 0.605. The van der Waals surface area contributed by atoms with E-state index in [2.05, 4.69) is 176 Å². The zero-order valence-electron chi connectivity index (χ0n) is 23.6. The minimum atomic E-state index is -0.385. The highest BCUT2D eigenvalue weighted by Crippen LogP contribution is 2.50. The Kier molecular flexibility index (Phi) is 6.12. The summed E-state index contributed by atoms with van der Waals surface area (Å²) >= 11 is 0. The molecule has 0 spiro atoms. The van der Waals surface area contributed by atoms with Gasteiger partial charge < -0.3 is 10.2 Å². The van der Waals surface area contributed by atoms with Gasteiger partial charge in [-0.3, -0.25) is 0 Å². The molecular formula is C39H34N2. The van der Waals surface area contributed by atoms with Crippen LogP contribution in [0.1, 0.15) is 37.0 Å². The smallest absolute Gasteiger partial charge is 0.0848 e. The van der Waals surface area contributed by atoms with Crippen LogP contribution in [0.3, 0.4) is 0 Å². The van der Waals surface area contributed by atoms with Crippen molar-refractivity contribution in [3.05, 3.63) is 174 Å². The highest BCUT2D eigenvalue weighted by Gasteiger charge is 2.38. The van der Waals surface area contributed by atoms with E-state index in [9.17, 15) is 0 Å². The average Bonchev–Trinajstić information content (AvgIpc) is 3.26. The maximum absolute atomic E-state index is 3.94. The molecule has 1 N–H and O–H groups in total. The number of allylic oxidation sites excluding steroid dienone is 1. The summed E-state index contributed by atoms with van der Waals surface area (Å²) in [6.07, 6.45) is 7.84. The maximum atomic E-state index is 3.94. The van der Waals surface area contributed by atoms with Gasteiger partial charge in [0.15, 0.2) is 0 Å². The first-order valence-electron chi connectivity index (χ1n) is 14.4. The van der Waals surface area contributed by atoms with E-state index < -0.39 is 0 Å². The Morgan fingerprint density at radius 3 is 1.83 bits per heavy atom. The van der Waals surface area contributed by atoms with E-state index in [1.54, 1.807) is 0 Å². The molecule has 0 bridgehead atoms. The largest absolute Gasteiger partial charge is 0.372 e. The lowest BCUT2D eigenvalue weighted by atomic mass is 9.77. The van der Waals surface area contributed by atoms with Gasteiger partial charge >= 0.3 is 0 Å². The molecule has 5 aromatic carbocycles. The van der Waals surface area contributed by atoms with Crippen molar-refractivity contribution >= 4 is 17.1 Å². The topological polar surface area (TPSA) is 15.3 Å². The Morgan fingerprint density at radius 1 is 0.610 bits per heavy atom. The third-order valence-corrected chi connectivity index (χ3v) is 8.70. The first-order chi connectivity index (χ1) is 20.1. The number of rotatable bonds is 6. The lowest BCUT2D eigenvalue weighted by Gasteiger charge is -2.38. The third-order valence-electron chi connectivity index (χ3n) is 8.70. The molecule has 0 radical (unpaired) electrons. The van der Waals surface area contributed by atoms with Crippen LogP contribution in [-0.2, 0) is 11.0 Å².